The Morgan fingerprint density at radius 2 is 2.06 bits per heavy atom. The highest BCUT2D eigenvalue weighted by Gasteiger charge is 2.13. The first-order valence-electron chi connectivity index (χ1n) is 7.63. The maximum Gasteiger partial charge on any atom is 0.222 e. The summed E-state index contributed by atoms with van der Waals surface area (Å²) in [4.78, 5) is 11.6. The predicted octanol–water partition coefficient (Wildman–Crippen LogP) is 3.28. The summed E-state index contributed by atoms with van der Waals surface area (Å²) in [6, 6.07) is 0. The zero-order valence-electron chi connectivity index (χ0n) is 12.0. The Bertz CT molecular complexity index is 225. The SMILES string of the molecule is CCCC(C)C(=O)NCCCOC1CCCCC1. The number of nitrogens with one attached hydrogen (secondary N) is 1. The molecule has 0 spiro atoms. The minimum atomic E-state index is 0.147. The van der Waals surface area contributed by atoms with E-state index >= 15 is 0 Å². The lowest BCUT2D eigenvalue weighted by atomic mass is 9.98. The van der Waals surface area contributed by atoms with Crippen molar-refractivity contribution < 1.29 is 9.53 Å². The predicted molar refractivity (Wildman–Crippen MR) is 74.5 cm³/mol. The second-order valence-corrected chi connectivity index (χ2v) is 5.47. The summed E-state index contributed by atoms with van der Waals surface area (Å²) in [5, 5.41) is 2.99. The molecule has 1 saturated carbocycles. The monoisotopic (exact) mass is 255 g/mol. The Kier molecular flexibility index (Phi) is 8.06. The molecule has 1 rings (SSSR count). The number of carbonyl (C=O) groups excluding carboxylic acids is 1. The van der Waals surface area contributed by atoms with E-state index < -0.39 is 0 Å². The fraction of sp³-hybridized carbons (Fsp3) is 0.933. The van der Waals surface area contributed by atoms with Crippen LogP contribution in [0.25, 0.3) is 0 Å². The minimum Gasteiger partial charge on any atom is -0.378 e. The van der Waals surface area contributed by atoms with Crippen molar-refractivity contribution in [1.29, 1.82) is 0 Å². The number of hydrogen-bond acceptors (Lipinski definition) is 2. The minimum absolute atomic E-state index is 0.147. The fourth-order valence-electron chi connectivity index (χ4n) is 2.50. The number of hydrogen-bond donors (Lipinski definition) is 1. The molecule has 3 nitrogen and oxygen atoms in total. The van der Waals surface area contributed by atoms with Crippen LogP contribution in [0.15, 0.2) is 0 Å². The van der Waals surface area contributed by atoms with Crippen LogP contribution in [0.2, 0.25) is 0 Å². The Labute approximate surface area is 112 Å². The van der Waals surface area contributed by atoms with Gasteiger partial charge in [0.2, 0.25) is 5.91 Å². The molecule has 0 heterocycles. The van der Waals surface area contributed by atoms with Crippen LogP contribution >= 0.6 is 0 Å². The summed E-state index contributed by atoms with van der Waals surface area (Å²) in [7, 11) is 0. The van der Waals surface area contributed by atoms with Crippen molar-refractivity contribution in [2.45, 2.75) is 71.3 Å². The number of ether oxygens (including phenoxy) is 1. The summed E-state index contributed by atoms with van der Waals surface area (Å²) >= 11 is 0. The number of rotatable bonds is 8. The molecule has 1 amide bonds. The molecule has 106 valence electrons. The standard InChI is InChI=1S/C15H29NO2/c1-3-8-13(2)15(17)16-11-7-12-18-14-9-5-4-6-10-14/h13-14H,3-12H2,1-2H3,(H,16,17). The van der Waals surface area contributed by atoms with Gasteiger partial charge in [0.25, 0.3) is 0 Å². The van der Waals surface area contributed by atoms with E-state index in [-0.39, 0.29) is 11.8 Å². The van der Waals surface area contributed by atoms with Crippen LogP contribution in [-0.2, 0) is 9.53 Å². The molecule has 0 aromatic heterocycles. The van der Waals surface area contributed by atoms with Gasteiger partial charge in [0.15, 0.2) is 0 Å². The highest BCUT2D eigenvalue weighted by Crippen LogP contribution is 2.20. The molecule has 3 heteroatoms. The van der Waals surface area contributed by atoms with E-state index in [1.807, 2.05) is 6.92 Å². The van der Waals surface area contributed by atoms with Gasteiger partial charge in [-0.3, -0.25) is 4.79 Å². The zero-order valence-corrected chi connectivity index (χ0v) is 12.0. The summed E-state index contributed by atoms with van der Waals surface area (Å²) in [5.41, 5.74) is 0. The average molecular weight is 255 g/mol. The summed E-state index contributed by atoms with van der Waals surface area (Å²) in [6.07, 6.45) is 9.90. The molecule has 1 unspecified atom stereocenters. The van der Waals surface area contributed by atoms with Gasteiger partial charge in [-0.15, -0.1) is 0 Å². The Balaban J connectivity index is 1.95. The smallest absolute Gasteiger partial charge is 0.222 e. The third-order valence-electron chi connectivity index (χ3n) is 3.70. The maximum atomic E-state index is 11.6. The van der Waals surface area contributed by atoms with E-state index in [0.717, 1.165) is 32.4 Å². The van der Waals surface area contributed by atoms with E-state index in [0.29, 0.717) is 6.10 Å². The third-order valence-corrected chi connectivity index (χ3v) is 3.70. The molecule has 0 aromatic rings. The van der Waals surface area contributed by atoms with Gasteiger partial charge in [0, 0.05) is 19.1 Å². The van der Waals surface area contributed by atoms with Crippen molar-refractivity contribution in [1.82, 2.24) is 5.32 Å². The normalized spacial score (nSPS) is 18.6. The fourth-order valence-corrected chi connectivity index (χ4v) is 2.50. The third kappa shape index (κ3) is 6.39. The van der Waals surface area contributed by atoms with Crippen molar-refractivity contribution in [2.75, 3.05) is 13.2 Å². The van der Waals surface area contributed by atoms with Crippen LogP contribution in [0.3, 0.4) is 0 Å². The summed E-state index contributed by atoms with van der Waals surface area (Å²) in [6.45, 7) is 5.64. The average Bonchev–Trinajstić information content (AvgIpc) is 2.39. The lowest BCUT2D eigenvalue weighted by Crippen LogP contribution is -2.30. The summed E-state index contributed by atoms with van der Waals surface area (Å²) < 4.78 is 5.82. The van der Waals surface area contributed by atoms with Crippen LogP contribution in [0.1, 0.15) is 65.2 Å². The van der Waals surface area contributed by atoms with Gasteiger partial charge in [-0.05, 0) is 25.7 Å². The summed E-state index contributed by atoms with van der Waals surface area (Å²) in [5.74, 6) is 0.337. The van der Waals surface area contributed by atoms with Crippen LogP contribution < -0.4 is 5.32 Å². The Morgan fingerprint density at radius 1 is 1.33 bits per heavy atom. The number of amides is 1. The van der Waals surface area contributed by atoms with Gasteiger partial charge in [0.05, 0.1) is 6.10 Å². The highest BCUT2D eigenvalue weighted by molar-refractivity contribution is 5.78. The molecule has 1 atom stereocenters. The molecule has 1 aliphatic rings. The van der Waals surface area contributed by atoms with Crippen LogP contribution in [0, 0.1) is 5.92 Å². The van der Waals surface area contributed by atoms with Crippen LogP contribution in [-0.4, -0.2) is 25.2 Å². The first kappa shape index (κ1) is 15.5. The van der Waals surface area contributed by atoms with Gasteiger partial charge in [0.1, 0.15) is 0 Å². The van der Waals surface area contributed by atoms with Gasteiger partial charge in [-0.25, -0.2) is 0 Å². The Morgan fingerprint density at radius 3 is 2.72 bits per heavy atom. The van der Waals surface area contributed by atoms with E-state index in [2.05, 4.69) is 12.2 Å². The van der Waals surface area contributed by atoms with E-state index in [4.69, 9.17) is 4.74 Å². The lowest BCUT2D eigenvalue weighted by Gasteiger charge is -2.22. The van der Waals surface area contributed by atoms with Crippen molar-refractivity contribution >= 4 is 5.91 Å². The highest BCUT2D eigenvalue weighted by atomic mass is 16.5. The van der Waals surface area contributed by atoms with E-state index in [9.17, 15) is 4.79 Å². The molecule has 1 N–H and O–H groups in total. The largest absolute Gasteiger partial charge is 0.378 e. The van der Waals surface area contributed by atoms with Gasteiger partial charge in [-0.2, -0.15) is 0 Å². The molecule has 1 aliphatic carbocycles. The molecule has 0 saturated heterocycles. The van der Waals surface area contributed by atoms with E-state index in [1.165, 1.54) is 32.1 Å². The van der Waals surface area contributed by atoms with Crippen LogP contribution in [0.5, 0.6) is 0 Å². The number of carbonyl (C=O) groups is 1. The van der Waals surface area contributed by atoms with Gasteiger partial charge >= 0.3 is 0 Å². The van der Waals surface area contributed by atoms with Crippen molar-refractivity contribution in [3.8, 4) is 0 Å². The zero-order chi connectivity index (χ0) is 13.2. The molecule has 0 bridgehead atoms. The molecule has 0 aliphatic heterocycles. The second kappa shape index (κ2) is 9.37. The molecule has 18 heavy (non-hydrogen) atoms. The molecule has 0 radical (unpaired) electrons. The van der Waals surface area contributed by atoms with Crippen molar-refractivity contribution in [3.05, 3.63) is 0 Å². The quantitative estimate of drug-likeness (QED) is 0.676. The Hall–Kier alpha value is -0.570. The van der Waals surface area contributed by atoms with Crippen LogP contribution in [0.4, 0.5) is 0 Å². The first-order chi connectivity index (χ1) is 8.74. The molecular weight excluding hydrogens is 226 g/mol. The van der Waals surface area contributed by atoms with Gasteiger partial charge in [-0.1, -0.05) is 39.5 Å². The van der Waals surface area contributed by atoms with Crippen molar-refractivity contribution in [2.24, 2.45) is 5.92 Å². The lowest BCUT2D eigenvalue weighted by molar-refractivity contribution is -0.124. The topological polar surface area (TPSA) is 38.3 Å². The molecular formula is C15H29NO2. The first-order valence-corrected chi connectivity index (χ1v) is 7.63. The van der Waals surface area contributed by atoms with Gasteiger partial charge < -0.3 is 10.1 Å². The van der Waals surface area contributed by atoms with Crippen molar-refractivity contribution in [3.63, 3.8) is 0 Å². The second-order valence-electron chi connectivity index (χ2n) is 5.47. The maximum absolute atomic E-state index is 11.6. The molecule has 0 aromatic carbocycles. The van der Waals surface area contributed by atoms with E-state index in [1.54, 1.807) is 0 Å². The molecule has 1 fully saturated rings.